The molecule has 6 heteroatoms. The predicted octanol–water partition coefficient (Wildman–Crippen LogP) is 3.63. The van der Waals surface area contributed by atoms with Gasteiger partial charge in [-0.2, -0.15) is 5.10 Å². The van der Waals surface area contributed by atoms with E-state index < -0.39 is 0 Å². The highest BCUT2D eigenvalue weighted by molar-refractivity contribution is 9.10. The topological polar surface area (TPSA) is 55.9 Å². The minimum absolute atomic E-state index is 0.00768. The number of nitrogens with two attached hydrogens (primary N) is 1. The van der Waals surface area contributed by atoms with Crippen molar-refractivity contribution in [1.29, 1.82) is 0 Å². The number of benzene rings is 1. The van der Waals surface area contributed by atoms with Gasteiger partial charge in [-0.15, -0.1) is 0 Å². The lowest BCUT2D eigenvalue weighted by Gasteiger charge is -2.17. The molecule has 114 valence electrons. The molecule has 1 aromatic heterocycles. The summed E-state index contributed by atoms with van der Waals surface area (Å²) in [5.41, 5.74) is 6.18. The van der Waals surface area contributed by atoms with Gasteiger partial charge >= 0.3 is 0 Å². The molecule has 1 aromatic carbocycles. The number of hydrazine groups is 1. The number of hydrogen-bond donors (Lipinski definition) is 2. The first kappa shape index (κ1) is 16.5. The van der Waals surface area contributed by atoms with Crippen LogP contribution in [0.15, 0.2) is 28.7 Å². The third kappa shape index (κ3) is 3.66. The van der Waals surface area contributed by atoms with E-state index in [2.05, 4.69) is 40.3 Å². The Balaban J connectivity index is 2.32. The van der Waals surface area contributed by atoms with Crippen LogP contribution in [-0.2, 0) is 19.4 Å². The van der Waals surface area contributed by atoms with E-state index >= 15 is 0 Å². The lowest BCUT2D eigenvalue weighted by Crippen LogP contribution is -2.30. The summed E-state index contributed by atoms with van der Waals surface area (Å²) in [6.07, 6.45) is 1.65. The van der Waals surface area contributed by atoms with Crippen LogP contribution in [0.25, 0.3) is 0 Å². The molecule has 3 N–H and O–H groups in total. The molecule has 21 heavy (non-hydrogen) atoms. The Kier molecular flexibility index (Phi) is 5.81. The zero-order valence-corrected chi connectivity index (χ0v) is 14.6. The number of halogens is 2. The van der Waals surface area contributed by atoms with Crippen LogP contribution in [0.1, 0.15) is 36.8 Å². The lowest BCUT2D eigenvalue weighted by molar-refractivity contribution is 0.515. The minimum Gasteiger partial charge on any atom is -0.271 e. The maximum atomic E-state index is 6.07. The molecule has 1 unspecified atom stereocenters. The number of rotatable bonds is 6. The number of nitrogens with zero attached hydrogens (tertiary/aromatic N) is 2. The van der Waals surface area contributed by atoms with Crippen molar-refractivity contribution in [3.8, 4) is 0 Å². The highest BCUT2D eigenvalue weighted by Crippen LogP contribution is 2.28. The summed E-state index contributed by atoms with van der Waals surface area (Å²) in [5, 5.41) is 5.33. The van der Waals surface area contributed by atoms with E-state index in [9.17, 15) is 0 Å². The van der Waals surface area contributed by atoms with Gasteiger partial charge < -0.3 is 0 Å². The van der Waals surface area contributed by atoms with Crippen molar-refractivity contribution in [2.24, 2.45) is 5.84 Å². The van der Waals surface area contributed by atoms with Crippen molar-refractivity contribution in [2.75, 3.05) is 0 Å². The third-order valence-corrected chi connectivity index (χ3v) is 4.69. The molecule has 2 rings (SSSR count). The van der Waals surface area contributed by atoms with Gasteiger partial charge in [-0.1, -0.05) is 30.7 Å². The first-order valence-corrected chi connectivity index (χ1v) is 8.23. The van der Waals surface area contributed by atoms with Gasteiger partial charge in [0.2, 0.25) is 0 Å². The summed E-state index contributed by atoms with van der Waals surface area (Å²) in [6, 6.07) is 7.75. The zero-order chi connectivity index (χ0) is 15.4. The molecule has 4 nitrogen and oxygen atoms in total. The monoisotopic (exact) mass is 370 g/mol. The quantitative estimate of drug-likeness (QED) is 0.602. The van der Waals surface area contributed by atoms with Gasteiger partial charge in [0.25, 0.3) is 0 Å². The third-order valence-electron chi connectivity index (χ3n) is 3.54. The molecule has 0 aliphatic carbocycles. The Morgan fingerprint density at radius 2 is 2.19 bits per heavy atom. The average molecular weight is 372 g/mol. The van der Waals surface area contributed by atoms with Crippen molar-refractivity contribution in [1.82, 2.24) is 15.2 Å². The van der Waals surface area contributed by atoms with Crippen molar-refractivity contribution in [2.45, 2.75) is 39.3 Å². The first-order chi connectivity index (χ1) is 10.1. The second-order valence-corrected chi connectivity index (χ2v) is 6.08. The first-order valence-electron chi connectivity index (χ1n) is 7.06. The van der Waals surface area contributed by atoms with E-state index in [4.69, 9.17) is 17.4 Å². The molecule has 0 spiro atoms. The van der Waals surface area contributed by atoms with Crippen molar-refractivity contribution in [3.05, 3.63) is 50.7 Å². The lowest BCUT2D eigenvalue weighted by atomic mass is 10.0. The SMILES string of the molecule is CCc1nn(CC)c(CC(NN)c2cccc(Cl)c2)c1Br. The van der Waals surface area contributed by atoms with Crippen molar-refractivity contribution in [3.63, 3.8) is 0 Å². The van der Waals surface area contributed by atoms with Gasteiger partial charge in [-0.3, -0.25) is 16.0 Å². The van der Waals surface area contributed by atoms with Crippen molar-refractivity contribution < 1.29 is 0 Å². The summed E-state index contributed by atoms with van der Waals surface area (Å²) in [4.78, 5) is 0. The second-order valence-electron chi connectivity index (χ2n) is 4.86. The fourth-order valence-corrected chi connectivity index (χ4v) is 3.33. The molecule has 1 atom stereocenters. The van der Waals surface area contributed by atoms with Crippen LogP contribution in [0.3, 0.4) is 0 Å². The molecular formula is C15H20BrClN4. The molecule has 0 bridgehead atoms. The highest BCUT2D eigenvalue weighted by atomic mass is 79.9. The Morgan fingerprint density at radius 3 is 2.76 bits per heavy atom. The Bertz CT molecular complexity index is 612. The largest absolute Gasteiger partial charge is 0.271 e. The van der Waals surface area contributed by atoms with Crippen LogP contribution in [-0.4, -0.2) is 9.78 Å². The van der Waals surface area contributed by atoms with Crippen molar-refractivity contribution >= 4 is 27.5 Å². The maximum absolute atomic E-state index is 6.07. The maximum Gasteiger partial charge on any atom is 0.0766 e. The number of nitrogens with one attached hydrogen (secondary N) is 1. The summed E-state index contributed by atoms with van der Waals surface area (Å²) in [5.74, 6) is 5.75. The molecule has 0 aliphatic rings. The molecule has 0 fully saturated rings. The molecule has 0 saturated heterocycles. The van der Waals surface area contributed by atoms with Crippen LogP contribution in [0.5, 0.6) is 0 Å². The van der Waals surface area contributed by atoms with Gasteiger partial charge in [-0.05, 0) is 47.0 Å². The molecule has 0 saturated carbocycles. The summed E-state index contributed by atoms with van der Waals surface area (Å²) in [6.45, 7) is 5.03. The van der Waals surface area contributed by atoms with Crippen LogP contribution in [0.2, 0.25) is 5.02 Å². The number of aromatic nitrogens is 2. The Morgan fingerprint density at radius 1 is 1.43 bits per heavy atom. The second kappa shape index (κ2) is 7.40. The summed E-state index contributed by atoms with van der Waals surface area (Å²) >= 11 is 9.74. The molecule has 0 aliphatic heterocycles. The molecule has 1 heterocycles. The van der Waals surface area contributed by atoms with E-state index in [0.717, 1.165) is 40.8 Å². The number of hydrogen-bond acceptors (Lipinski definition) is 3. The minimum atomic E-state index is -0.00768. The molecule has 0 amide bonds. The van der Waals surface area contributed by atoms with E-state index in [1.54, 1.807) is 0 Å². The van der Waals surface area contributed by atoms with Gasteiger partial charge in [0.1, 0.15) is 0 Å². The predicted molar refractivity (Wildman–Crippen MR) is 90.2 cm³/mol. The van der Waals surface area contributed by atoms with Gasteiger partial charge in [0.15, 0.2) is 0 Å². The highest BCUT2D eigenvalue weighted by Gasteiger charge is 2.19. The smallest absolute Gasteiger partial charge is 0.0766 e. The fraction of sp³-hybridized carbons (Fsp3) is 0.400. The van der Waals surface area contributed by atoms with E-state index in [-0.39, 0.29) is 6.04 Å². The fourth-order valence-electron chi connectivity index (χ4n) is 2.40. The van der Waals surface area contributed by atoms with Crippen LogP contribution in [0.4, 0.5) is 0 Å². The van der Waals surface area contributed by atoms with E-state index in [1.165, 1.54) is 0 Å². The van der Waals surface area contributed by atoms with Crippen LogP contribution >= 0.6 is 27.5 Å². The Labute approximate surface area is 138 Å². The summed E-state index contributed by atoms with van der Waals surface area (Å²) < 4.78 is 3.10. The molecule has 2 aromatic rings. The van der Waals surface area contributed by atoms with E-state index in [1.807, 2.05) is 28.9 Å². The molecule has 0 radical (unpaired) electrons. The van der Waals surface area contributed by atoms with Crippen LogP contribution in [0, 0.1) is 0 Å². The van der Waals surface area contributed by atoms with E-state index in [0.29, 0.717) is 5.02 Å². The normalized spacial score (nSPS) is 12.6. The van der Waals surface area contributed by atoms with Gasteiger partial charge in [0, 0.05) is 18.0 Å². The summed E-state index contributed by atoms with van der Waals surface area (Å²) in [7, 11) is 0. The van der Waals surface area contributed by atoms with Gasteiger partial charge in [-0.25, -0.2) is 0 Å². The van der Waals surface area contributed by atoms with Gasteiger partial charge in [0.05, 0.1) is 21.9 Å². The van der Waals surface area contributed by atoms with Crippen LogP contribution < -0.4 is 11.3 Å². The Hall–Kier alpha value is -0.880. The zero-order valence-electron chi connectivity index (χ0n) is 12.2. The average Bonchev–Trinajstić information content (AvgIpc) is 2.80. The molecular weight excluding hydrogens is 352 g/mol. The number of aryl methyl sites for hydroxylation is 2. The standard InChI is InChI=1S/C15H20BrClN4/c1-3-12-15(16)14(21(4-2)20-12)9-13(19-18)10-6-5-7-11(17)8-10/h5-8,13,19H,3-4,9,18H2,1-2H3.